The smallest absolute Gasteiger partial charge is 0.133 e. The van der Waals surface area contributed by atoms with Crippen molar-refractivity contribution in [2.45, 2.75) is 0 Å². The van der Waals surface area contributed by atoms with E-state index >= 15 is 0 Å². The highest BCUT2D eigenvalue weighted by atomic mass is 35.5. The molecule has 0 saturated heterocycles. The van der Waals surface area contributed by atoms with Gasteiger partial charge in [0.15, 0.2) is 0 Å². The second-order valence-corrected chi connectivity index (χ2v) is 4.21. The summed E-state index contributed by atoms with van der Waals surface area (Å²) in [6.45, 7) is 0. The molecule has 0 amide bonds. The molecule has 4 heteroatoms. The zero-order valence-electron chi connectivity index (χ0n) is 8.18. The van der Waals surface area contributed by atoms with Crippen molar-refractivity contribution < 1.29 is 4.39 Å². The molecule has 0 atom stereocenters. The van der Waals surface area contributed by atoms with Gasteiger partial charge in [-0.1, -0.05) is 23.2 Å². The highest BCUT2D eigenvalue weighted by molar-refractivity contribution is 6.35. The van der Waals surface area contributed by atoms with Crippen molar-refractivity contribution in [2.24, 2.45) is 0 Å². The third-order valence-electron chi connectivity index (χ3n) is 2.21. The minimum atomic E-state index is -0.413. The number of hydrogen-bond acceptors (Lipinski definition) is 1. The van der Waals surface area contributed by atoms with Crippen molar-refractivity contribution in [1.29, 1.82) is 0 Å². The van der Waals surface area contributed by atoms with Crippen LogP contribution >= 0.6 is 23.2 Å². The summed E-state index contributed by atoms with van der Waals surface area (Å²) in [6.07, 6.45) is 0. The van der Waals surface area contributed by atoms with Crippen LogP contribution in [0.2, 0.25) is 10.0 Å². The van der Waals surface area contributed by atoms with Gasteiger partial charge >= 0.3 is 0 Å². The quantitative estimate of drug-likeness (QED) is 0.752. The molecule has 0 heterocycles. The van der Waals surface area contributed by atoms with E-state index in [0.29, 0.717) is 26.9 Å². The first-order chi connectivity index (χ1) is 7.58. The zero-order valence-corrected chi connectivity index (χ0v) is 9.69. The lowest BCUT2D eigenvalue weighted by atomic mass is 10.0. The van der Waals surface area contributed by atoms with Gasteiger partial charge in [-0.05, 0) is 36.4 Å². The maximum absolute atomic E-state index is 13.7. The lowest BCUT2D eigenvalue weighted by molar-refractivity contribution is 0.632. The van der Waals surface area contributed by atoms with Crippen LogP contribution in [-0.2, 0) is 0 Å². The summed E-state index contributed by atoms with van der Waals surface area (Å²) in [5.74, 6) is -0.413. The Hall–Kier alpha value is -1.25. The van der Waals surface area contributed by atoms with Crippen LogP contribution in [0.1, 0.15) is 0 Å². The summed E-state index contributed by atoms with van der Waals surface area (Å²) in [7, 11) is 0. The standard InChI is InChI=1S/C12H8Cl2FN/c13-7-1-4-11(14)10(5-7)9-3-2-8(16)6-12(9)15/h1-6H,16H2. The molecular formula is C12H8Cl2FN. The molecule has 1 nitrogen and oxygen atoms in total. The summed E-state index contributed by atoms with van der Waals surface area (Å²) in [4.78, 5) is 0. The van der Waals surface area contributed by atoms with Crippen molar-refractivity contribution in [1.82, 2.24) is 0 Å². The third kappa shape index (κ3) is 2.13. The molecule has 0 aliphatic carbocycles. The number of halogens is 3. The van der Waals surface area contributed by atoms with E-state index in [9.17, 15) is 4.39 Å². The molecule has 2 aromatic rings. The van der Waals surface area contributed by atoms with Gasteiger partial charge in [0, 0.05) is 26.9 Å². The summed E-state index contributed by atoms with van der Waals surface area (Å²) in [5.41, 5.74) is 6.80. The minimum absolute atomic E-state index is 0.374. The van der Waals surface area contributed by atoms with Gasteiger partial charge in [0.05, 0.1) is 0 Å². The maximum Gasteiger partial charge on any atom is 0.133 e. The van der Waals surface area contributed by atoms with E-state index in [1.165, 1.54) is 6.07 Å². The Bertz CT molecular complexity index is 541. The average molecular weight is 256 g/mol. The van der Waals surface area contributed by atoms with Gasteiger partial charge in [-0.25, -0.2) is 4.39 Å². The van der Waals surface area contributed by atoms with Crippen molar-refractivity contribution in [2.75, 3.05) is 5.73 Å². The van der Waals surface area contributed by atoms with Crippen LogP contribution in [0.25, 0.3) is 11.1 Å². The molecule has 0 bridgehead atoms. The first kappa shape index (κ1) is 11.2. The molecule has 0 saturated carbocycles. The van der Waals surface area contributed by atoms with Crippen molar-refractivity contribution >= 4 is 28.9 Å². The second kappa shape index (κ2) is 4.32. The Morgan fingerprint density at radius 2 is 1.69 bits per heavy atom. The number of nitrogens with two attached hydrogens (primary N) is 1. The molecule has 16 heavy (non-hydrogen) atoms. The van der Waals surface area contributed by atoms with E-state index in [0.717, 1.165) is 0 Å². The molecule has 2 rings (SSSR count). The fraction of sp³-hybridized carbons (Fsp3) is 0. The van der Waals surface area contributed by atoms with E-state index < -0.39 is 5.82 Å². The van der Waals surface area contributed by atoms with Crippen molar-refractivity contribution in [3.8, 4) is 11.1 Å². The fourth-order valence-electron chi connectivity index (χ4n) is 1.45. The van der Waals surface area contributed by atoms with Gasteiger partial charge in [0.25, 0.3) is 0 Å². The molecule has 2 aromatic carbocycles. The molecular weight excluding hydrogens is 248 g/mol. The normalized spacial score (nSPS) is 10.4. The Morgan fingerprint density at radius 1 is 0.938 bits per heavy atom. The molecule has 0 fully saturated rings. The Balaban J connectivity index is 2.62. The molecule has 0 spiro atoms. The van der Waals surface area contributed by atoms with E-state index in [-0.39, 0.29) is 0 Å². The maximum atomic E-state index is 13.7. The number of nitrogen functional groups attached to an aromatic ring is 1. The molecule has 0 aromatic heterocycles. The van der Waals surface area contributed by atoms with Gasteiger partial charge in [-0.3, -0.25) is 0 Å². The number of hydrogen-bond donors (Lipinski definition) is 1. The first-order valence-corrected chi connectivity index (χ1v) is 5.34. The van der Waals surface area contributed by atoms with E-state index in [1.54, 1.807) is 30.3 Å². The molecule has 0 aliphatic rings. The molecule has 82 valence electrons. The van der Waals surface area contributed by atoms with Crippen molar-refractivity contribution in [3.05, 3.63) is 52.3 Å². The van der Waals surface area contributed by atoms with Gasteiger partial charge in [-0.2, -0.15) is 0 Å². The second-order valence-electron chi connectivity index (χ2n) is 3.36. The first-order valence-electron chi connectivity index (χ1n) is 4.58. The van der Waals surface area contributed by atoms with Crippen LogP contribution in [0.5, 0.6) is 0 Å². The Morgan fingerprint density at radius 3 is 2.38 bits per heavy atom. The monoisotopic (exact) mass is 255 g/mol. The topological polar surface area (TPSA) is 26.0 Å². The average Bonchev–Trinajstić information content (AvgIpc) is 2.22. The predicted molar refractivity (Wildman–Crippen MR) is 66.3 cm³/mol. The zero-order chi connectivity index (χ0) is 11.7. The fourth-order valence-corrected chi connectivity index (χ4v) is 1.85. The minimum Gasteiger partial charge on any atom is -0.399 e. The van der Waals surface area contributed by atoms with Crippen LogP contribution in [0.15, 0.2) is 36.4 Å². The van der Waals surface area contributed by atoms with Gasteiger partial charge < -0.3 is 5.73 Å². The summed E-state index contributed by atoms with van der Waals surface area (Å²) >= 11 is 11.8. The third-order valence-corrected chi connectivity index (χ3v) is 2.78. The summed E-state index contributed by atoms with van der Waals surface area (Å²) in [6, 6.07) is 9.38. The van der Waals surface area contributed by atoms with Crippen LogP contribution in [-0.4, -0.2) is 0 Å². The molecule has 0 unspecified atom stereocenters. The highest BCUT2D eigenvalue weighted by Crippen LogP contribution is 2.32. The lowest BCUT2D eigenvalue weighted by Crippen LogP contribution is -1.90. The van der Waals surface area contributed by atoms with Gasteiger partial charge in [0.1, 0.15) is 5.82 Å². The Kier molecular flexibility index (Phi) is 3.03. The summed E-state index contributed by atoms with van der Waals surface area (Å²) < 4.78 is 13.7. The van der Waals surface area contributed by atoms with Crippen LogP contribution < -0.4 is 5.73 Å². The largest absolute Gasteiger partial charge is 0.399 e. The SMILES string of the molecule is Nc1ccc(-c2cc(Cl)ccc2Cl)c(F)c1. The highest BCUT2D eigenvalue weighted by Gasteiger charge is 2.09. The van der Waals surface area contributed by atoms with Crippen molar-refractivity contribution in [3.63, 3.8) is 0 Å². The van der Waals surface area contributed by atoms with Crippen LogP contribution in [0.4, 0.5) is 10.1 Å². The predicted octanol–water partition coefficient (Wildman–Crippen LogP) is 4.38. The van der Waals surface area contributed by atoms with Crippen LogP contribution in [0.3, 0.4) is 0 Å². The molecule has 0 aliphatic heterocycles. The number of rotatable bonds is 1. The lowest BCUT2D eigenvalue weighted by Gasteiger charge is -2.07. The molecule has 2 N–H and O–H groups in total. The number of anilines is 1. The van der Waals surface area contributed by atoms with E-state index in [2.05, 4.69) is 0 Å². The van der Waals surface area contributed by atoms with Crippen LogP contribution in [0, 0.1) is 5.82 Å². The van der Waals surface area contributed by atoms with E-state index in [1.807, 2.05) is 0 Å². The van der Waals surface area contributed by atoms with Gasteiger partial charge in [-0.15, -0.1) is 0 Å². The molecule has 0 radical (unpaired) electrons. The number of benzene rings is 2. The van der Waals surface area contributed by atoms with Gasteiger partial charge in [0.2, 0.25) is 0 Å². The van der Waals surface area contributed by atoms with E-state index in [4.69, 9.17) is 28.9 Å². The summed E-state index contributed by atoms with van der Waals surface area (Å²) in [5, 5.41) is 0.962. The Labute approximate surface area is 103 Å².